The summed E-state index contributed by atoms with van der Waals surface area (Å²) >= 11 is 3.15. The van der Waals surface area contributed by atoms with Crippen molar-refractivity contribution in [3.05, 3.63) is 34.2 Å². The summed E-state index contributed by atoms with van der Waals surface area (Å²) in [5, 5.41) is 11.8. The van der Waals surface area contributed by atoms with E-state index in [0.717, 1.165) is 0 Å². The van der Waals surface area contributed by atoms with Crippen molar-refractivity contribution in [2.75, 3.05) is 0 Å². The van der Waals surface area contributed by atoms with Gasteiger partial charge in [-0.2, -0.15) is 5.26 Å². The molecule has 0 spiro atoms. The van der Waals surface area contributed by atoms with Gasteiger partial charge < -0.3 is 5.32 Å². The first-order valence-corrected chi connectivity index (χ1v) is 6.05. The molecule has 2 aliphatic rings. The molecule has 17 heavy (non-hydrogen) atoms. The van der Waals surface area contributed by atoms with Crippen molar-refractivity contribution in [2.45, 2.75) is 18.9 Å². The van der Waals surface area contributed by atoms with Crippen LogP contribution in [-0.4, -0.2) is 11.8 Å². The van der Waals surface area contributed by atoms with Gasteiger partial charge >= 0.3 is 0 Å². The molecule has 5 heteroatoms. The molecular formula is C12H10BrFN2O. The zero-order valence-electron chi connectivity index (χ0n) is 8.91. The van der Waals surface area contributed by atoms with Crippen LogP contribution < -0.4 is 5.32 Å². The Bertz CT molecular complexity index is 487. The molecule has 0 bridgehead atoms. The fraction of sp³-hybridized carbons (Fsp3) is 0.333. The van der Waals surface area contributed by atoms with Gasteiger partial charge in [-0.25, -0.2) is 4.39 Å². The third-order valence-corrected chi connectivity index (χ3v) is 3.24. The molecule has 0 fully saturated rings. The predicted octanol–water partition coefficient (Wildman–Crippen LogP) is 2.48. The van der Waals surface area contributed by atoms with Crippen molar-refractivity contribution in [1.82, 2.24) is 5.32 Å². The van der Waals surface area contributed by atoms with Crippen molar-refractivity contribution in [3.63, 3.8) is 0 Å². The molecule has 0 heterocycles. The summed E-state index contributed by atoms with van der Waals surface area (Å²) < 4.78 is 14.3. The molecule has 2 rings (SSSR count). The quantitative estimate of drug-likeness (QED) is 0.852. The van der Waals surface area contributed by atoms with Gasteiger partial charge in [0.05, 0.1) is 23.7 Å². The lowest BCUT2D eigenvalue weighted by atomic mass is 9.95. The number of carbonyl (C=O) groups excluding carboxylic acids is 1. The molecule has 0 radical (unpaired) electrons. The Kier molecular flexibility index (Phi) is 3.43. The second-order valence-corrected chi connectivity index (χ2v) is 4.85. The van der Waals surface area contributed by atoms with Crippen LogP contribution in [0.5, 0.6) is 0 Å². The highest BCUT2D eigenvalue weighted by Crippen LogP contribution is 2.28. The normalized spacial score (nSPS) is 28.1. The molecule has 0 aromatic carbocycles. The molecule has 0 amide bonds. The van der Waals surface area contributed by atoms with E-state index < -0.39 is 17.8 Å². The third kappa shape index (κ3) is 2.47. The van der Waals surface area contributed by atoms with E-state index in [1.54, 1.807) is 12.2 Å². The topological polar surface area (TPSA) is 52.9 Å². The summed E-state index contributed by atoms with van der Waals surface area (Å²) in [4.78, 5) is 11.4. The Labute approximate surface area is 107 Å². The number of hydrogen-bond acceptors (Lipinski definition) is 3. The van der Waals surface area contributed by atoms with E-state index in [2.05, 4.69) is 21.2 Å². The van der Waals surface area contributed by atoms with Gasteiger partial charge in [0.2, 0.25) is 0 Å². The second kappa shape index (κ2) is 4.84. The van der Waals surface area contributed by atoms with E-state index in [9.17, 15) is 9.18 Å². The molecule has 0 saturated carbocycles. The van der Waals surface area contributed by atoms with E-state index in [0.29, 0.717) is 23.0 Å². The van der Waals surface area contributed by atoms with Gasteiger partial charge in [-0.1, -0.05) is 28.1 Å². The number of Topliss-reactive ketones (excluding diaryl/α,β-unsaturated/α-hetero) is 1. The average Bonchev–Trinajstić information content (AvgIpc) is 2.68. The summed E-state index contributed by atoms with van der Waals surface area (Å²) in [6.45, 7) is 0. The second-order valence-electron chi connectivity index (χ2n) is 3.94. The zero-order valence-corrected chi connectivity index (χ0v) is 10.5. The number of nitrogens with zero attached hydrogens (tertiary/aromatic N) is 1. The van der Waals surface area contributed by atoms with Gasteiger partial charge in [-0.05, 0) is 12.5 Å². The van der Waals surface area contributed by atoms with Crippen molar-refractivity contribution in [2.24, 2.45) is 5.92 Å². The molecule has 2 unspecified atom stereocenters. The van der Waals surface area contributed by atoms with Crippen molar-refractivity contribution < 1.29 is 9.18 Å². The maximum Gasteiger partial charge on any atom is 0.178 e. The first kappa shape index (κ1) is 12.1. The summed E-state index contributed by atoms with van der Waals surface area (Å²) in [6, 6.07) is 1.25. The van der Waals surface area contributed by atoms with Crippen molar-refractivity contribution >= 4 is 21.7 Å². The standard InChI is InChI=1S/C12H10BrFN2O/c13-8-4-7(6-15)12(9(14)5-8)16-10-2-1-3-11(10)17/h2,4-5,7,12,16H,1,3H2. The minimum atomic E-state index is -0.769. The fourth-order valence-electron chi connectivity index (χ4n) is 1.88. The van der Waals surface area contributed by atoms with Crippen LogP contribution in [0.3, 0.4) is 0 Å². The zero-order chi connectivity index (χ0) is 12.4. The summed E-state index contributed by atoms with van der Waals surface area (Å²) in [7, 11) is 0. The van der Waals surface area contributed by atoms with Crippen LogP contribution >= 0.6 is 15.9 Å². The number of allylic oxidation sites excluding steroid dienone is 4. The third-order valence-electron chi connectivity index (χ3n) is 2.75. The SMILES string of the molecule is N#CC1C=C(Br)C=C(F)C1NC1=CCCC1=O. The van der Waals surface area contributed by atoms with Crippen molar-refractivity contribution in [3.8, 4) is 6.07 Å². The number of rotatable bonds is 2. The number of ketones is 1. The first-order valence-electron chi connectivity index (χ1n) is 5.25. The lowest BCUT2D eigenvalue weighted by Crippen LogP contribution is -2.37. The summed E-state index contributed by atoms with van der Waals surface area (Å²) in [5.41, 5.74) is 0.422. The molecule has 2 atom stereocenters. The highest BCUT2D eigenvalue weighted by molar-refractivity contribution is 9.11. The smallest absolute Gasteiger partial charge is 0.178 e. The maximum absolute atomic E-state index is 13.8. The van der Waals surface area contributed by atoms with E-state index in [1.807, 2.05) is 6.07 Å². The van der Waals surface area contributed by atoms with Crippen LogP contribution in [0, 0.1) is 17.2 Å². The Hall–Kier alpha value is -1.41. The molecule has 0 aliphatic heterocycles. The van der Waals surface area contributed by atoms with Gasteiger partial charge in [0, 0.05) is 10.9 Å². The molecule has 3 nitrogen and oxygen atoms in total. The molecule has 1 N–H and O–H groups in total. The first-order chi connectivity index (χ1) is 8.11. The Morgan fingerprint density at radius 3 is 2.94 bits per heavy atom. The van der Waals surface area contributed by atoms with Gasteiger partial charge in [0.1, 0.15) is 5.83 Å². The number of nitriles is 1. The van der Waals surface area contributed by atoms with Gasteiger partial charge in [0.15, 0.2) is 5.78 Å². The van der Waals surface area contributed by atoms with Gasteiger partial charge in [-0.15, -0.1) is 0 Å². The fourth-order valence-corrected chi connectivity index (χ4v) is 2.39. The van der Waals surface area contributed by atoms with Crippen LogP contribution in [0.2, 0.25) is 0 Å². The average molecular weight is 297 g/mol. The van der Waals surface area contributed by atoms with Crippen LogP contribution in [0.1, 0.15) is 12.8 Å². The molecular weight excluding hydrogens is 287 g/mol. The molecule has 0 aromatic rings. The summed E-state index contributed by atoms with van der Waals surface area (Å²) in [6.07, 6.45) is 5.82. The van der Waals surface area contributed by atoms with E-state index in [1.165, 1.54) is 6.08 Å². The highest BCUT2D eigenvalue weighted by atomic mass is 79.9. The number of nitrogens with one attached hydrogen (secondary N) is 1. The molecule has 88 valence electrons. The molecule has 0 aromatic heterocycles. The van der Waals surface area contributed by atoms with E-state index >= 15 is 0 Å². The monoisotopic (exact) mass is 296 g/mol. The Balaban J connectivity index is 2.18. The van der Waals surface area contributed by atoms with E-state index in [-0.39, 0.29) is 5.78 Å². The van der Waals surface area contributed by atoms with Crippen LogP contribution in [-0.2, 0) is 4.79 Å². The minimum Gasteiger partial charge on any atom is -0.372 e. The van der Waals surface area contributed by atoms with Crippen LogP contribution in [0.4, 0.5) is 4.39 Å². The minimum absolute atomic E-state index is 0.0249. The van der Waals surface area contributed by atoms with Crippen molar-refractivity contribution in [1.29, 1.82) is 5.26 Å². The van der Waals surface area contributed by atoms with E-state index in [4.69, 9.17) is 5.26 Å². The van der Waals surface area contributed by atoms with Crippen LogP contribution in [0.15, 0.2) is 34.2 Å². The summed E-state index contributed by atoms with van der Waals surface area (Å²) in [5.74, 6) is -1.08. The lowest BCUT2D eigenvalue weighted by molar-refractivity contribution is -0.115. The number of carbonyl (C=O) groups is 1. The lowest BCUT2D eigenvalue weighted by Gasteiger charge is -2.24. The Morgan fingerprint density at radius 2 is 2.35 bits per heavy atom. The van der Waals surface area contributed by atoms with Gasteiger partial charge in [0.25, 0.3) is 0 Å². The maximum atomic E-state index is 13.8. The van der Waals surface area contributed by atoms with Gasteiger partial charge in [-0.3, -0.25) is 4.79 Å². The highest BCUT2D eigenvalue weighted by Gasteiger charge is 2.30. The van der Waals surface area contributed by atoms with Crippen LogP contribution in [0.25, 0.3) is 0 Å². The predicted molar refractivity (Wildman–Crippen MR) is 64.6 cm³/mol. The molecule has 2 aliphatic carbocycles. The Morgan fingerprint density at radius 1 is 1.59 bits per heavy atom. The number of halogens is 2. The molecule has 0 saturated heterocycles. The largest absolute Gasteiger partial charge is 0.372 e. The number of hydrogen-bond donors (Lipinski definition) is 1.